The number of nitrogens with zero attached hydrogens (tertiary/aromatic N) is 4. The Morgan fingerprint density at radius 1 is 1.45 bits per heavy atom. The molecule has 4 rings (SSSR count). The number of fused-ring (bicyclic) bond motifs is 4. The van der Waals surface area contributed by atoms with E-state index in [9.17, 15) is 4.79 Å². The fourth-order valence-corrected chi connectivity index (χ4v) is 3.16. The summed E-state index contributed by atoms with van der Waals surface area (Å²) >= 11 is 6.25. The van der Waals surface area contributed by atoms with E-state index in [1.165, 1.54) is 17.0 Å². The summed E-state index contributed by atoms with van der Waals surface area (Å²) in [5.74, 6) is 1.11. The normalized spacial score (nSPS) is 18.6. The number of amides is 1. The fourth-order valence-electron chi connectivity index (χ4n) is 2.93. The predicted octanol–water partition coefficient (Wildman–Crippen LogP) is 1.50. The molecule has 22 heavy (non-hydrogen) atoms. The maximum atomic E-state index is 12.6. The van der Waals surface area contributed by atoms with Crippen molar-refractivity contribution in [1.29, 1.82) is 0 Å². The minimum atomic E-state index is -0.364. The summed E-state index contributed by atoms with van der Waals surface area (Å²) in [7, 11) is 0. The molecule has 2 bridgehead atoms. The third kappa shape index (κ3) is 2.14. The molecule has 0 aromatic carbocycles. The van der Waals surface area contributed by atoms with Crippen molar-refractivity contribution in [2.24, 2.45) is 0 Å². The molecule has 0 unspecified atom stereocenters. The molecule has 2 aliphatic rings. The third-order valence-electron chi connectivity index (χ3n) is 3.93. The number of rotatable bonds is 1. The largest absolute Gasteiger partial charge is 0.448 e. The second-order valence-electron chi connectivity index (χ2n) is 5.32. The summed E-state index contributed by atoms with van der Waals surface area (Å²) in [6, 6.07) is 3.66. The molecular formula is C14H14ClN6O+. The minimum absolute atomic E-state index is 0.343. The molecule has 1 atom stereocenters. The van der Waals surface area contributed by atoms with Gasteiger partial charge in [0, 0.05) is 18.9 Å². The molecule has 1 fully saturated rings. The maximum Gasteiger partial charge on any atom is 0.448 e. The molecule has 2 aliphatic heterocycles. The summed E-state index contributed by atoms with van der Waals surface area (Å²) in [4.78, 5) is 22.8. The van der Waals surface area contributed by atoms with Gasteiger partial charge in [-0.2, -0.15) is 4.57 Å². The Hall–Kier alpha value is -2.41. The van der Waals surface area contributed by atoms with Gasteiger partial charge in [0.05, 0.1) is 18.8 Å². The lowest BCUT2D eigenvalue weighted by Gasteiger charge is -2.26. The molecule has 8 heteroatoms. The number of nitrogens with one attached hydrogen (secondary N) is 2. The van der Waals surface area contributed by atoms with Crippen molar-refractivity contribution >= 4 is 35.0 Å². The molecule has 2 N–H and O–H groups in total. The van der Waals surface area contributed by atoms with Gasteiger partial charge in [0.15, 0.2) is 5.15 Å². The van der Waals surface area contributed by atoms with Crippen LogP contribution in [0.4, 0.5) is 22.1 Å². The number of pyridine rings is 1. The summed E-state index contributed by atoms with van der Waals surface area (Å²) in [6.45, 7) is 1.94. The van der Waals surface area contributed by atoms with Gasteiger partial charge in [-0.1, -0.05) is 0 Å². The number of aromatic nitrogens is 3. The van der Waals surface area contributed by atoms with Crippen molar-refractivity contribution in [3.05, 3.63) is 35.9 Å². The molecule has 1 amide bonds. The summed E-state index contributed by atoms with van der Waals surface area (Å²) in [5.41, 5.74) is 0.993. The van der Waals surface area contributed by atoms with Crippen LogP contribution in [-0.2, 0) is 0 Å². The zero-order chi connectivity index (χ0) is 15.1. The van der Waals surface area contributed by atoms with Gasteiger partial charge in [-0.3, -0.25) is 10.3 Å². The lowest BCUT2D eigenvalue weighted by molar-refractivity contribution is -0.549. The summed E-state index contributed by atoms with van der Waals surface area (Å²) in [5, 5.41) is 6.45. The van der Waals surface area contributed by atoms with E-state index in [2.05, 4.69) is 25.5 Å². The number of carbonyl (C=O) groups is 1. The summed E-state index contributed by atoms with van der Waals surface area (Å²) in [6.07, 6.45) is 5.61. The van der Waals surface area contributed by atoms with E-state index in [-0.39, 0.29) is 6.03 Å². The van der Waals surface area contributed by atoms with E-state index >= 15 is 0 Å². The van der Waals surface area contributed by atoms with Crippen LogP contribution in [0.3, 0.4) is 0 Å². The average molecular weight is 318 g/mol. The van der Waals surface area contributed by atoms with Crippen LogP contribution in [0.25, 0.3) is 0 Å². The summed E-state index contributed by atoms with van der Waals surface area (Å²) < 4.78 is 1.44. The monoisotopic (exact) mass is 317 g/mol. The van der Waals surface area contributed by atoms with Gasteiger partial charge < -0.3 is 4.90 Å². The Kier molecular flexibility index (Phi) is 3.07. The lowest BCUT2D eigenvalue weighted by atomic mass is 10.2. The van der Waals surface area contributed by atoms with E-state index < -0.39 is 0 Å². The fraction of sp³-hybridized carbons (Fsp3) is 0.286. The van der Waals surface area contributed by atoms with Gasteiger partial charge in [-0.05, 0) is 30.2 Å². The second kappa shape index (κ2) is 5.10. The highest BCUT2D eigenvalue weighted by atomic mass is 35.5. The van der Waals surface area contributed by atoms with E-state index in [0.29, 0.717) is 17.0 Å². The van der Waals surface area contributed by atoms with Gasteiger partial charge >= 0.3 is 6.03 Å². The Balaban J connectivity index is 1.72. The predicted molar refractivity (Wildman–Crippen MR) is 82.3 cm³/mol. The van der Waals surface area contributed by atoms with Crippen LogP contribution in [0.2, 0.25) is 5.15 Å². The quantitative estimate of drug-likeness (QED) is 0.616. The van der Waals surface area contributed by atoms with Gasteiger partial charge in [0.2, 0.25) is 5.82 Å². The van der Waals surface area contributed by atoms with Crippen molar-refractivity contribution < 1.29 is 9.36 Å². The standard InChI is InChI=1S/C14H13ClN6O/c15-11-2-1-10-13(18-9-3-6-20(10)8-9)21(11)14(22)19-12-7-16-4-5-17-12/h1-2,4-5,7,9H,3,6,8H2,(H,17,19,22)/p+1/t9-/m0/s1. The van der Waals surface area contributed by atoms with Crippen LogP contribution >= 0.6 is 11.6 Å². The number of halogens is 1. The van der Waals surface area contributed by atoms with Crippen LogP contribution in [0.15, 0.2) is 30.7 Å². The molecule has 2 aromatic rings. The number of carbonyl (C=O) groups excluding carboxylic acids is 1. The van der Waals surface area contributed by atoms with E-state index in [1.807, 2.05) is 6.07 Å². The van der Waals surface area contributed by atoms with Crippen molar-refractivity contribution in [3.63, 3.8) is 0 Å². The first-order valence-corrected chi connectivity index (χ1v) is 7.43. The first-order valence-electron chi connectivity index (χ1n) is 7.06. The topological polar surface area (TPSA) is 74.0 Å². The van der Waals surface area contributed by atoms with Crippen LogP contribution in [0.1, 0.15) is 6.42 Å². The first kappa shape index (κ1) is 13.3. The van der Waals surface area contributed by atoms with E-state index in [0.717, 1.165) is 31.0 Å². The van der Waals surface area contributed by atoms with Crippen LogP contribution in [0, 0.1) is 0 Å². The highest BCUT2D eigenvalue weighted by molar-refractivity contribution is 6.29. The van der Waals surface area contributed by atoms with Crippen molar-refractivity contribution in [1.82, 2.24) is 9.97 Å². The number of hydrogen-bond donors (Lipinski definition) is 2. The molecular weight excluding hydrogens is 304 g/mol. The van der Waals surface area contributed by atoms with Gasteiger partial charge in [0.25, 0.3) is 5.82 Å². The third-order valence-corrected chi connectivity index (χ3v) is 4.22. The Labute approximate surface area is 131 Å². The van der Waals surface area contributed by atoms with Crippen molar-refractivity contribution in [3.8, 4) is 0 Å². The molecule has 4 heterocycles. The molecule has 1 saturated heterocycles. The van der Waals surface area contributed by atoms with Crippen molar-refractivity contribution in [2.45, 2.75) is 12.5 Å². The Morgan fingerprint density at radius 2 is 2.36 bits per heavy atom. The van der Waals surface area contributed by atoms with Crippen molar-refractivity contribution in [2.75, 3.05) is 28.6 Å². The molecule has 0 radical (unpaired) electrons. The maximum absolute atomic E-state index is 12.6. The Bertz CT molecular complexity index is 738. The SMILES string of the molecule is O=C(Nc1cnccn1)[n+]1c(Cl)ccc2c1N[C@H]1CCN2C1. The lowest BCUT2D eigenvalue weighted by Crippen LogP contribution is -2.52. The molecule has 0 aliphatic carbocycles. The van der Waals surface area contributed by atoms with Crippen LogP contribution < -0.4 is 20.1 Å². The Morgan fingerprint density at radius 3 is 3.18 bits per heavy atom. The van der Waals surface area contributed by atoms with Crippen LogP contribution in [0.5, 0.6) is 0 Å². The van der Waals surface area contributed by atoms with Crippen LogP contribution in [-0.4, -0.2) is 35.1 Å². The molecule has 2 aromatic heterocycles. The highest BCUT2D eigenvalue weighted by Gasteiger charge is 2.37. The second-order valence-corrected chi connectivity index (χ2v) is 5.71. The minimum Gasteiger partial charge on any atom is -0.363 e. The van der Waals surface area contributed by atoms with Gasteiger partial charge in [-0.15, -0.1) is 0 Å². The smallest absolute Gasteiger partial charge is 0.363 e. The van der Waals surface area contributed by atoms with Gasteiger partial charge in [-0.25, -0.2) is 15.1 Å². The first-order chi connectivity index (χ1) is 10.7. The number of hydrogen-bond acceptors (Lipinski definition) is 5. The zero-order valence-electron chi connectivity index (χ0n) is 11.7. The average Bonchev–Trinajstić information content (AvgIpc) is 2.90. The molecule has 7 nitrogen and oxygen atoms in total. The van der Waals surface area contributed by atoms with E-state index in [4.69, 9.17) is 11.6 Å². The number of anilines is 3. The molecule has 0 saturated carbocycles. The van der Waals surface area contributed by atoms with Gasteiger partial charge in [0.1, 0.15) is 5.69 Å². The highest BCUT2D eigenvalue weighted by Crippen LogP contribution is 2.33. The molecule has 0 spiro atoms. The molecule has 112 valence electrons. The zero-order valence-corrected chi connectivity index (χ0v) is 12.4. The van der Waals surface area contributed by atoms with E-state index in [1.54, 1.807) is 12.3 Å².